The molecule has 0 aliphatic carbocycles. The molecule has 7 heteroatoms. The van der Waals surface area contributed by atoms with Gasteiger partial charge in [0.25, 0.3) is 0 Å². The van der Waals surface area contributed by atoms with Gasteiger partial charge in [-0.3, -0.25) is 4.79 Å². The van der Waals surface area contributed by atoms with Crippen LogP contribution in [0.15, 0.2) is 29.4 Å². The molecule has 5 nitrogen and oxygen atoms in total. The Bertz CT molecular complexity index is 887. The molecule has 0 aliphatic rings. The fraction of sp³-hybridized carbons (Fsp3) is 0.188. The molecule has 2 heterocycles. The lowest BCUT2D eigenvalue weighted by Crippen LogP contribution is -2.10. The molecule has 0 saturated carbocycles. The molecule has 1 aromatic carbocycles. The number of benzene rings is 1. The number of hydrogen-bond donors (Lipinski definition) is 2. The summed E-state index contributed by atoms with van der Waals surface area (Å²) in [5.74, 6) is 0.811. The molecular formula is C16H16N4OS2. The second kappa shape index (κ2) is 6.17. The third kappa shape index (κ3) is 3.16. The van der Waals surface area contributed by atoms with Gasteiger partial charge in [0.15, 0.2) is 5.16 Å². The van der Waals surface area contributed by atoms with Gasteiger partial charge in [-0.15, -0.1) is 11.3 Å². The Hall–Kier alpha value is -2.12. The van der Waals surface area contributed by atoms with Crippen molar-refractivity contribution in [2.75, 3.05) is 5.73 Å². The summed E-state index contributed by atoms with van der Waals surface area (Å²) in [6, 6.07) is 7.22. The normalized spacial score (nSPS) is 11.0. The summed E-state index contributed by atoms with van der Waals surface area (Å²) in [6.07, 6.45) is 0. The summed E-state index contributed by atoms with van der Waals surface area (Å²) in [4.78, 5) is 22.2. The van der Waals surface area contributed by atoms with E-state index in [0.29, 0.717) is 22.3 Å². The third-order valence-corrected chi connectivity index (χ3v) is 5.66. The van der Waals surface area contributed by atoms with Gasteiger partial charge >= 0.3 is 0 Å². The zero-order valence-corrected chi connectivity index (χ0v) is 14.4. The Morgan fingerprint density at radius 1 is 1.22 bits per heavy atom. The van der Waals surface area contributed by atoms with Gasteiger partial charge in [0.2, 0.25) is 5.91 Å². The number of thiophene rings is 1. The summed E-state index contributed by atoms with van der Waals surface area (Å²) in [5, 5.41) is 1.62. The van der Waals surface area contributed by atoms with Crippen LogP contribution in [-0.4, -0.2) is 15.9 Å². The quantitative estimate of drug-likeness (QED) is 0.559. The van der Waals surface area contributed by atoms with Crippen LogP contribution in [-0.2, 0) is 5.75 Å². The standard InChI is InChI=1S/C16H16N4OS2/c1-8-9(2)23-15-12(8)13(17)19-16(20-15)22-7-10-3-5-11(6-4-10)14(18)21/h3-6H,7H2,1-2H3,(H2,18,21)(H2,17,19,20). The van der Waals surface area contributed by atoms with E-state index in [0.717, 1.165) is 21.3 Å². The van der Waals surface area contributed by atoms with Gasteiger partial charge in [-0.25, -0.2) is 9.97 Å². The second-order valence-corrected chi connectivity index (χ2v) is 7.35. The van der Waals surface area contributed by atoms with Crippen LogP contribution < -0.4 is 11.5 Å². The highest BCUT2D eigenvalue weighted by molar-refractivity contribution is 7.98. The van der Waals surface area contributed by atoms with Crippen LogP contribution in [0.2, 0.25) is 0 Å². The van der Waals surface area contributed by atoms with Crippen molar-refractivity contribution in [2.24, 2.45) is 5.73 Å². The number of aryl methyl sites for hydroxylation is 2. The number of anilines is 1. The fourth-order valence-corrected chi connectivity index (χ4v) is 4.14. The molecule has 4 N–H and O–H groups in total. The van der Waals surface area contributed by atoms with Gasteiger partial charge in [0, 0.05) is 16.2 Å². The predicted octanol–water partition coefficient (Wildman–Crippen LogP) is 3.28. The van der Waals surface area contributed by atoms with E-state index in [9.17, 15) is 4.79 Å². The number of nitrogens with two attached hydrogens (primary N) is 2. The predicted molar refractivity (Wildman–Crippen MR) is 95.8 cm³/mol. The van der Waals surface area contributed by atoms with Crippen LogP contribution in [0.25, 0.3) is 10.2 Å². The Morgan fingerprint density at radius 2 is 1.91 bits per heavy atom. The van der Waals surface area contributed by atoms with Crippen LogP contribution in [0.3, 0.4) is 0 Å². The van der Waals surface area contributed by atoms with Crippen molar-refractivity contribution in [3.8, 4) is 0 Å². The van der Waals surface area contributed by atoms with Crippen LogP contribution in [0.1, 0.15) is 26.4 Å². The minimum atomic E-state index is -0.422. The van der Waals surface area contributed by atoms with Crippen molar-refractivity contribution >= 4 is 45.0 Å². The first kappa shape index (κ1) is 15.8. The van der Waals surface area contributed by atoms with Crippen molar-refractivity contribution in [1.29, 1.82) is 0 Å². The summed E-state index contributed by atoms with van der Waals surface area (Å²) in [7, 11) is 0. The molecular weight excluding hydrogens is 328 g/mol. The number of aromatic nitrogens is 2. The summed E-state index contributed by atoms with van der Waals surface area (Å²) in [6.45, 7) is 4.11. The highest BCUT2D eigenvalue weighted by Crippen LogP contribution is 2.33. The molecule has 23 heavy (non-hydrogen) atoms. The fourth-order valence-electron chi connectivity index (χ4n) is 2.24. The van der Waals surface area contributed by atoms with E-state index in [1.807, 2.05) is 19.1 Å². The van der Waals surface area contributed by atoms with Gasteiger partial charge < -0.3 is 11.5 Å². The molecule has 0 radical (unpaired) electrons. The number of amides is 1. The zero-order valence-electron chi connectivity index (χ0n) is 12.8. The maximum atomic E-state index is 11.1. The Morgan fingerprint density at radius 3 is 2.57 bits per heavy atom. The van der Waals surface area contributed by atoms with E-state index >= 15 is 0 Å². The number of nitrogens with zero attached hydrogens (tertiary/aromatic N) is 2. The summed E-state index contributed by atoms with van der Waals surface area (Å²) >= 11 is 3.16. The molecule has 0 spiro atoms. The zero-order chi connectivity index (χ0) is 16.6. The van der Waals surface area contributed by atoms with Gasteiger partial charge in [-0.1, -0.05) is 23.9 Å². The molecule has 2 aromatic heterocycles. The molecule has 3 rings (SSSR count). The number of hydrogen-bond acceptors (Lipinski definition) is 6. The first-order valence-corrected chi connectivity index (χ1v) is 8.80. The van der Waals surface area contributed by atoms with E-state index < -0.39 is 5.91 Å². The summed E-state index contributed by atoms with van der Waals surface area (Å²) in [5.41, 5.74) is 14.0. The molecule has 1 amide bonds. The Labute approximate surface area is 142 Å². The van der Waals surface area contributed by atoms with Crippen LogP contribution in [0.5, 0.6) is 0 Å². The number of fused-ring (bicyclic) bond motifs is 1. The van der Waals surface area contributed by atoms with Gasteiger partial charge in [0.1, 0.15) is 10.6 Å². The van der Waals surface area contributed by atoms with Gasteiger partial charge in [-0.2, -0.15) is 0 Å². The molecule has 0 atom stereocenters. The molecule has 0 aliphatic heterocycles. The van der Waals surface area contributed by atoms with E-state index in [1.165, 1.54) is 16.6 Å². The monoisotopic (exact) mass is 344 g/mol. The third-order valence-electron chi connectivity index (χ3n) is 3.64. The van der Waals surface area contributed by atoms with Gasteiger partial charge in [-0.05, 0) is 37.1 Å². The highest BCUT2D eigenvalue weighted by Gasteiger charge is 2.13. The minimum absolute atomic E-state index is 0.422. The van der Waals surface area contributed by atoms with E-state index in [-0.39, 0.29) is 0 Å². The average molecular weight is 344 g/mol. The van der Waals surface area contributed by atoms with Crippen molar-refractivity contribution in [3.05, 3.63) is 45.8 Å². The molecule has 118 valence electrons. The van der Waals surface area contributed by atoms with E-state index in [1.54, 1.807) is 23.5 Å². The smallest absolute Gasteiger partial charge is 0.248 e. The van der Waals surface area contributed by atoms with E-state index in [4.69, 9.17) is 11.5 Å². The number of nitrogen functional groups attached to an aromatic ring is 1. The lowest BCUT2D eigenvalue weighted by Gasteiger charge is -2.04. The lowest BCUT2D eigenvalue weighted by atomic mass is 10.1. The number of primary amides is 1. The van der Waals surface area contributed by atoms with Crippen LogP contribution >= 0.6 is 23.1 Å². The van der Waals surface area contributed by atoms with Gasteiger partial charge in [0.05, 0.1) is 5.39 Å². The Balaban J connectivity index is 1.80. The van der Waals surface area contributed by atoms with Crippen LogP contribution in [0.4, 0.5) is 5.82 Å². The SMILES string of the molecule is Cc1sc2nc(SCc3ccc(C(N)=O)cc3)nc(N)c2c1C. The number of rotatable bonds is 4. The lowest BCUT2D eigenvalue weighted by molar-refractivity contribution is 0.100. The van der Waals surface area contributed by atoms with Crippen molar-refractivity contribution in [3.63, 3.8) is 0 Å². The largest absolute Gasteiger partial charge is 0.383 e. The molecule has 0 saturated heterocycles. The minimum Gasteiger partial charge on any atom is -0.383 e. The topological polar surface area (TPSA) is 94.9 Å². The molecule has 0 unspecified atom stereocenters. The average Bonchev–Trinajstić information content (AvgIpc) is 2.80. The molecule has 0 bridgehead atoms. The maximum Gasteiger partial charge on any atom is 0.248 e. The summed E-state index contributed by atoms with van der Waals surface area (Å²) < 4.78 is 0. The highest BCUT2D eigenvalue weighted by atomic mass is 32.2. The molecule has 3 aromatic rings. The molecule has 0 fully saturated rings. The van der Waals surface area contributed by atoms with E-state index in [2.05, 4.69) is 16.9 Å². The number of carbonyl (C=O) groups is 1. The van der Waals surface area contributed by atoms with Crippen LogP contribution in [0, 0.1) is 13.8 Å². The van der Waals surface area contributed by atoms with Crippen molar-refractivity contribution in [2.45, 2.75) is 24.8 Å². The second-order valence-electron chi connectivity index (χ2n) is 5.20. The van der Waals surface area contributed by atoms with Crippen molar-refractivity contribution < 1.29 is 4.79 Å². The first-order valence-electron chi connectivity index (χ1n) is 7.00. The Kier molecular flexibility index (Phi) is 4.23. The first-order chi connectivity index (χ1) is 11.0. The number of thioether (sulfide) groups is 1. The number of carbonyl (C=O) groups excluding carboxylic acids is 1. The maximum absolute atomic E-state index is 11.1. The van der Waals surface area contributed by atoms with Crippen molar-refractivity contribution in [1.82, 2.24) is 9.97 Å².